The Balaban J connectivity index is 2.55. The van der Waals surface area contributed by atoms with Crippen LogP contribution in [0, 0.1) is 5.82 Å². The van der Waals surface area contributed by atoms with E-state index in [1.807, 2.05) is 0 Å². The highest BCUT2D eigenvalue weighted by Gasteiger charge is 2.37. The zero-order chi connectivity index (χ0) is 14.0. The summed E-state index contributed by atoms with van der Waals surface area (Å²) in [4.78, 5) is 0. The van der Waals surface area contributed by atoms with Crippen molar-refractivity contribution in [2.24, 2.45) is 0 Å². The molecule has 2 N–H and O–H groups in total. The third-order valence-electron chi connectivity index (χ3n) is 2.77. The molecule has 2 rings (SSSR count). The van der Waals surface area contributed by atoms with Crippen LogP contribution in [0.5, 0.6) is 5.75 Å². The molecule has 0 aromatic heterocycles. The first kappa shape index (κ1) is 13.3. The number of nitrogens with two attached hydrogens (primary N) is 1. The monoisotopic (exact) mass is 267 g/mol. The first-order valence-corrected chi connectivity index (χ1v) is 5.53. The van der Waals surface area contributed by atoms with Gasteiger partial charge in [0.1, 0.15) is 11.6 Å². The number of halogens is 3. The quantitative estimate of drug-likeness (QED) is 0.863. The van der Waals surface area contributed by atoms with Gasteiger partial charge in [-0.1, -0.05) is 12.1 Å². The molecule has 0 aliphatic heterocycles. The number of methoxy groups -OCH3 is 1. The second kappa shape index (κ2) is 4.84. The molecule has 0 fully saturated rings. The first-order chi connectivity index (χ1) is 8.95. The van der Waals surface area contributed by atoms with Gasteiger partial charge < -0.3 is 10.5 Å². The summed E-state index contributed by atoms with van der Waals surface area (Å²) in [6.07, 6.45) is 0. The van der Waals surface area contributed by atoms with Gasteiger partial charge in [0.15, 0.2) is 0 Å². The van der Waals surface area contributed by atoms with E-state index in [0.29, 0.717) is 5.69 Å². The van der Waals surface area contributed by atoms with Gasteiger partial charge in [-0.05, 0) is 30.3 Å². The number of nitrogen functional groups attached to an aromatic ring is 1. The summed E-state index contributed by atoms with van der Waals surface area (Å²) in [6.45, 7) is 0. The number of benzene rings is 2. The number of anilines is 1. The number of rotatable bonds is 3. The third-order valence-corrected chi connectivity index (χ3v) is 2.77. The fourth-order valence-electron chi connectivity index (χ4n) is 1.77. The van der Waals surface area contributed by atoms with Crippen LogP contribution in [-0.2, 0) is 5.92 Å². The number of hydrogen-bond acceptors (Lipinski definition) is 2. The van der Waals surface area contributed by atoms with Crippen LogP contribution in [0.1, 0.15) is 11.1 Å². The molecule has 2 aromatic carbocycles. The Kier molecular flexibility index (Phi) is 3.38. The van der Waals surface area contributed by atoms with Gasteiger partial charge in [0.2, 0.25) is 0 Å². The average molecular weight is 267 g/mol. The van der Waals surface area contributed by atoms with Crippen LogP contribution in [-0.4, -0.2) is 7.11 Å². The molecule has 0 aliphatic rings. The third kappa shape index (κ3) is 2.50. The Labute approximate surface area is 108 Å². The molecule has 0 heterocycles. The van der Waals surface area contributed by atoms with Crippen molar-refractivity contribution < 1.29 is 17.9 Å². The van der Waals surface area contributed by atoms with Gasteiger partial charge in [-0.15, -0.1) is 0 Å². The molecule has 0 spiro atoms. The smallest absolute Gasteiger partial charge is 0.302 e. The molecule has 100 valence electrons. The van der Waals surface area contributed by atoms with Crippen LogP contribution in [0.15, 0.2) is 42.5 Å². The van der Waals surface area contributed by atoms with Crippen molar-refractivity contribution in [1.82, 2.24) is 0 Å². The lowest BCUT2D eigenvalue weighted by Gasteiger charge is -2.20. The predicted octanol–water partition coefficient (Wildman–Crippen LogP) is 3.56. The summed E-state index contributed by atoms with van der Waals surface area (Å²) in [5.41, 5.74) is 5.05. The van der Waals surface area contributed by atoms with Crippen molar-refractivity contribution >= 4 is 5.69 Å². The molecule has 0 radical (unpaired) electrons. The Morgan fingerprint density at radius 2 is 1.68 bits per heavy atom. The van der Waals surface area contributed by atoms with Crippen molar-refractivity contribution in [3.63, 3.8) is 0 Å². The fraction of sp³-hybridized carbons (Fsp3) is 0.143. The Hall–Kier alpha value is -2.17. The lowest BCUT2D eigenvalue weighted by Crippen LogP contribution is -2.17. The molecule has 0 saturated heterocycles. The largest absolute Gasteiger partial charge is 0.496 e. The molecular formula is C14H12F3NO. The zero-order valence-corrected chi connectivity index (χ0v) is 10.2. The van der Waals surface area contributed by atoms with E-state index in [2.05, 4.69) is 0 Å². The molecule has 0 saturated carbocycles. The van der Waals surface area contributed by atoms with Crippen molar-refractivity contribution in [1.29, 1.82) is 0 Å². The lowest BCUT2D eigenvalue weighted by molar-refractivity contribution is 0.0398. The molecule has 19 heavy (non-hydrogen) atoms. The number of ether oxygens (including phenoxy) is 1. The van der Waals surface area contributed by atoms with Crippen LogP contribution in [0.2, 0.25) is 0 Å². The number of alkyl halides is 2. The minimum atomic E-state index is -3.36. The van der Waals surface area contributed by atoms with Crippen LogP contribution >= 0.6 is 0 Å². The zero-order valence-electron chi connectivity index (χ0n) is 10.2. The Morgan fingerprint density at radius 3 is 2.26 bits per heavy atom. The molecule has 0 unspecified atom stereocenters. The van der Waals surface area contributed by atoms with E-state index >= 15 is 0 Å². The van der Waals surface area contributed by atoms with E-state index in [9.17, 15) is 13.2 Å². The number of hydrogen-bond donors (Lipinski definition) is 1. The Bertz CT molecular complexity index is 582. The topological polar surface area (TPSA) is 35.2 Å². The second-order valence-corrected chi connectivity index (χ2v) is 4.04. The Morgan fingerprint density at radius 1 is 1.05 bits per heavy atom. The van der Waals surface area contributed by atoms with Crippen LogP contribution in [0.25, 0.3) is 0 Å². The van der Waals surface area contributed by atoms with Gasteiger partial charge in [-0.25, -0.2) is 4.39 Å². The highest BCUT2D eigenvalue weighted by Crippen LogP contribution is 2.40. The summed E-state index contributed by atoms with van der Waals surface area (Å²) < 4.78 is 46.8. The summed E-state index contributed by atoms with van der Waals surface area (Å²) >= 11 is 0. The van der Waals surface area contributed by atoms with Gasteiger partial charge in [-0.3, -0.25) is 0 Å². The molecule has 2 aromatic rings. The van der Waals surface area contributed by atoms with Crippen LogP contribution < -0.4 is 10.5 Å². The van der Waals surface area contributed by atoms with Crippen LogP contribution in [0.4, 0.5) is 18.9 Å². The standard InChI is InChI=1S/C14H12F3NO/c1-19-13-7-4-10(15)8-12(13)14(16,17)9-2-5-11(18)6-3-9/h2-8H,18H2,1H3. The lowest BCUT2D eigenvalue weighted by atomic mass is 9.99. The van der Waals surface area contributed by atoms with Crippen molar-refractivity contribution in [2.75, 3.05) is 12.8 Å². The van der Waals surface area contributed by atoms with Gasteiger partial charge in [-0.2, -0.15) is 8.78 Å². The molecule has 0 aliphatic carbocycles. The van der Waals surface area contributed by atoms with Crippen LogP contribution in [0.3, 0.4) is 0 Å². The molecule has 0 atom stereocenters. The van der Waals surface area contributed by atoms with Gasteiger partial charge in [0, 0.05) is 11.3 Å². The van der Waals surface area contributed by atoms with E-state index in [1.165, 1.54) is 37.4 Å². The maximum absolute atomic E-state index is 14.4. The van der Waals surface area contributed by atoms with Gasteiger partial charge >= 0.3 is 5.92 Å². The summed E-state index contributed by atoms with van der Waals surface area (Å²) in [5.74, 6) is -4.17. The normalized spacial score (nSPS) is 11.4. The highest BCUT2D eigenvalue weighted by molar-refractivity contribution is 5.46. The maximum Gasteiger partial charge on any atom is 0.302 e. The highest BCUT2D eigenvalue weighted by atomic mass is 19.3. The van der Waals surface area contributed by atoms with E-state index in [-0.39, 0.29) is 11.3 Å². The molecular weight excluding hydrogens is 255 g/mol. The minimum Gasteiger partial charge on any atom is -0.496 e. The molecule has 0 bridgehead atoms. The van der Waals surface area contributed by atoms with Gasteiger partial charge in [0.25, 0.3) is 0 Å². The predicted molar refractivity (Wildman–Crippen MR) is 66.8 cm³/mol. The first-order valence-electron chi connectivity index (χ1n) is 5.53. The van der Waals surface area contributed by atoms with E-state index in [1.54, 1.807) is 0 Å². The maximum atomic E-state index is 14.4. The van der Waals surface area contributed by atoms with Crippen molar-refractivity contribution in [3.8, 4) is 5.75 Å². The summed E-state index contributed by atoms with van der Waals surface area (Å²) in [6, 6.07) is 8.18. The van der Waals surface area contributed by atoms with E-state index in [4.69, 9.17) is 10.5 Å². The SMILES string of the molecule is COc1ccc(F)cc1C(F)(F)c1ccc(N)cc1. The van der Waals surface area contributed by atoms with E-state index in [0.717, 1.165) is 12.1 Å². The average Bonchev–Trinajstić information content (AvgIpc) is 2.39. The minimum absolute atomic E-state index is 0.0665. The summed E-state index contributed by atoms with van der Waals surface area (Å²) in [7, 11) is 1.26. The molecule has 5 heteroatoms. The fourth-order valence-corrected chi connectivity index (χ4v) is 1.77. The van der Waals surface area contributed by atoms with Crippen molar-refractivity contribution in [2.45, 2.75) is 5.92 Å². The van der Waals surface area contributed by atoms with E-state index < -0.39 is 17.3 Å². The second-order valence-electron chi connectivity index (χ2n) is 4.04. The molecule has 2 nitrogen and oxygen atoms in total. The summed E-state index contributed by atoms with van der Waals surface area (Å²) in [5, 5.41) is 0. The molecule has 0 amide bonds. The van der Waals surface area contributed by atoms with Gasteiger partial charge in [0.05, 0.1) is 12.7 Å². The van der Waals surface area contributed by atoms with Crippen molar-refractivity contribution in [3.05, 3.63) is 59.4 Å².